The maximum Gasteiger partial charge on any atom is 0.408 e. The normalized spacial score (nSPS) is 17.5. The summed E-state index contributed by atoms with van der Waals surface area (Å²) in [6.07, 6.45) is 1.03. The first-order chi connectivity index (χ1) is 17.1. The van der Waals surface area contributed by atoms with Crippen LogP contribution in [-0.2, 0) is 7.05 Å². The number of pyridine rings is 2. The molecule has 0 aliphatic carbocycles. The van der Waals surface area contributed by atoms with Crippen molar-refractivity contribution < 1.29 is 22.8 Å². The van der Waals surface area contributed by atoms with Gasteiger partial charge in [-0.05, 0) is 37.6 Å². The predicted molar refractivity (Wildman–Crippen MR) is 126 cm³/mol. The molecule has 2 atom stereocenters. The Hall–Kier alpha value is -4.16. The third-order valence-corrected chi connectivity index (χ3v) is 6.35. The molecule has 1 saturated heterocycles. The van der Waals surface area contributed by atoms with E-state index < -0.39 is 24.2 Å². The number of carbonyl (C=O) groups excluding carboxylic acids is 2. The first-order valence-corrected chi connectivity index (χ1v) is 11.3. The third-order valence-electron chi connectivity index (χ3n) is 6.35. The molecule has 2 aliphatic heterocycles. The molecule has 2 bridgehead atoms. The van der Waals surface area contributed by atoms with Gasteiger partial charge in [-0.15, -0.1) is 0 Å². The number of amides is 3. The van der Waals surface area contributed by atoms with Crippen molar-refractivity contribution in [2.24, 2.45) is 7.05 Å². The van der Waals surface area contributed by atoms with Gasteiger partial charge in [0, 0.05) is 31.9 Å². The first-order valence-electron chi connectivity index (χ1n) is 11.3. The quantitative estimate of drug-likeness (QED) is 0.570. The third kappa shape index (κ3) is 4.32. The lowest BCUT2D eigenvalue weighted by Crippen LogP contribution is -2.49. The maximum absolute atomic E-state index is 13.4. The fourth-order valence-corrected chi connectivity index (χ4v) is 4.41. The summed E-state index contributed by atoms with van der Waals surface area (Å²) in [4.78, 5) is 42.1. The van der Waals surface area contributed by atoms with Gasteiger partial charge in [0.1, 0.15) is 17.6 Å². The second-order valence-electron chi connectivity index (χ2n) is 8.78. The highest BCUT2D eigenvalue weighted by molar-refractivity contribution is 6.05. The minimum atomic E-state index is -4.59. The Morgan fingerprint density at radius 3 is 2.75 bits per heavy atom. The van der Waals surface area contributed by atoms with Crippen LogP contribution >= 0.6 is 0 Å². The number of aromatic nitrogens is 4. The number of urea groups is 1. The summed E-state index contributed by atoms with van der Waals surface area (Å²) in [5.41, 5.74) is 2.08. The molecule has 3 aromatic rings. The van der Waals surface area contributed by atoms with E-state index >= 15 is 0 Å². The maximum atomic E-state index is 13.4. The summed E-state index contributed by atoms with van der Waals surface area (Å²) >= 11 is 0. The molecule has 188 valence electrons. The number of anilines is 3. The molecule has 3 amide bonds. The molecular weight excluding hydrogens is 477 g/mol. The van der Waals surface area contributed by atoms with Crippen molar-refractivity contribution in [3.05, 3.63) is 48.7 Å². The molecule has 0 radical (unpaired) electrons. The van der Waals surface area contributed by atoms with Gasteiger partial charge in [-0.25, -0.2) is 19.7 Å². The summed E-state index contributed by atoms with van der Waals surface area (Å²) in [6.45, 7) is 2.13. The van der Waals surface area contributed by atoms with Crippen LogP contribution in [-0.4, -0.2) is 62.8 Å². The number of rotatable bonds is 4. The monoisotopic (exact) mass is 500 g/mol. The Morgan fingerprint density at radius 2 is 2.03 bits per heavy atom. The topological polar surface area (TPSA) is 108 Å². The van der Waals surface area contributed by atoms with E-state index in [0.717, 1.165) is 18.2 Å². The lowest BCUT2D eigenvalue weighted by molar-refractivity contribution is -0.149. The molecule has 5 heterocycles. The van der Waals surface area contributed by atoms with Gasteiger partial charge in [0.25, 0.3) is 5.91 Å². The van der Waals surface area contributed by atoms with Crippen molar-refractivity contribution in [1.82, 2.24) is 24.8 Å². The molecule has 0 spiro atoms. The van der Waals surface area contributed by atoms with Crippen molar-refractivity contribution in [1.29, 1.82) is 0 Å². The van der Waals surface area contributed by atoms with Crippen LogP contribution < -0.4 is 20.4 Å². The van der Waals surface area contributed by atoms with E-state index in [1.54, 1.807) is 36.9 Å². The number of alkyl halides is 3. The zero-order valence-electron chi connectivity index (χ0n) is 19.5. The number of hydrogen-bond acceptors (Lipinski definition) is 6. The Bertz CT molecular complexity index is 1320. The van der Waals surface area contributed by atoms with Crippen molar-refractivity contribution in [3.63, 3.8) is 0 Å². The van der Waals surface area contributed by atoms with Gasteiger partial charge in [-0.1, -0.05) is 0 Å². The van der Waals surface area contributed by atoms with E-state index in [1.807, 2.05) is 21.8 Å². The molecule has 10 nitrogen and oxygen atoms in total. The van der Waals surface area contributed by atoms with Gasteiger partial charge in [0.2, 0.25) is 0 Å². The van der Waals surface area contributed by atoms with Crippen LogP contribution in [0.5, 0.6) is 0 Å². The van der Waals surface area contributed by atoms with Crippen LogP contribution in [0.4, 0.5) is 35.3 Å². The van der Waals surface area contributed by atoms with Gasteiger partial charge in [0.15, 0.2) is 5.82 Å². The Labute approximate surface area is 204 Å². The van der Waals surface area contributed by atoms with Gasteiger partial charge in [-0.3, -0.25) is 15.0 Å². The average molecular weight is 500 g/mol. The van der Waals surface area contributed by atoms with Crippen molar-refractivity contribution >= 4 is 29.3 Å². The molecule has 13 heteroatoms. The fraction of sp³-hybridized carbons (Fsp3) is 0.348. The molecule has 1 unspecified atom stereocenters. The standard InChI is InChI=1S/C23H23F3N8O2/c1-13(23(24,25)26)29-21(35)16-3-4-17-20(30-16)34(15-6-8-33(17)11-15)22(36)31-19-9-14(5-7-28-19)18-10-27-12-32(18)2/h3-5,7,9-10,12-13,15H,6,8,11H2,1-2H3,(H,29,35)(H,28,31,36)/t13?,15-/m0/s1. The molecule has 2 aliphatic rings. The number of fused-ring (bicyclic) bond motifs is 4. The molecule has 36 heavy (non-hydrogen) atoms. The predicted octanol–water partition coefficient (Wildman–Crippen LogP) is 3.19. The molecule has 2 N–H and O–H groups in total. The highest BCUT2D eigenvalue weighted by atomic mass is 19.4. The lowest BCUT2D eigenvalue weighted by Gasteiger charge is -2.35. The highest BCUT2D eigenvalue weighted by Gasteiger charge is 2.41. The second-order valence-corrected chi connectivity index (χ2v) is 8.78. The van der Waals surface area contributed by atoms with E-state index in [-0.39, 0.29) is 17.6 Å². The number of hydrogen-bond donors (Lipinski definition) is 2. The van der Waals surface area contributed by atoms with Crippen LogP contribution in [0.25, 0.3) is 11.3 Å². The molecule has 0 saturated carbocycles. The summed E-state index contributed by atoms with van der Waals surface area (Å²) < 4.78 is 40.6. The van der Waals surface area contributed by atoms with Gasteiger partial charge >= 0.3 is 12.2 Å². The van der Waals surface area contributed by atoms with Gasteiger partial charge < -0.3 is 14.8 Å². The van der Waals surface area contributed by atoms with Crippen LogP contribution in [0.15, 0.2) is 43.0 Å². The smallest absolute Gasteiger partial charge is 0.366 e. The van der Waals surface area contributed by atoms with Gasteiger partial charge in [-0.2, -0.15) is 13.2 Å². The molecule has 1 fully saturated rings. The van der Waals surface area contributed by atoms with Crippen LogP contribution in [0.3, 0.4) is 0 Å². The number of nitrogens with zero attached hydrogens (tertiary/aromatic N) is 6. The van der Waals surface area contributed by atoms with E-state index in [9.17, 15) is 22.8 Å². The number of halogens is 3. The van der Waals surface area contributed by atoms with Crippen LogP contribution in [0, 0.1) is 0 Å². The van der Waals surface area contributed by atoms with Crippen molar-refractivity contribution in [2.75, 3.05) is 28.2 Å². The SMILES string of the molecule is CC(NC(=O)c1ccc2c(n1)N(C(=O)Nc1cc(-c3cncn3C)ccn1)[C@H]1CCN2C1)C(F)(F)F. The summed E-state index contributed by atoms with van der Waals surface area (Å²) in [6, 6.07) is 3.75. The lowest BCUT2D eigenvalue weighted by atomic mass is 10.1. The van der Waals surface area contributed by atoms with E-state index in [0.29, 0.717) is 31.0 Å². The first kappa shape index (κ1) is 23.6. The molecule has 3 aromatic heterocycles. The summed E-state index contributed by atoms with van der Waals surface area (Å²) in [5.74, 6) is -0.439. The van der Waals surface area contributed by atoms with Crippen molar-refractivity contribution in [2.45, 2.75) is 31.6 Å². The minimum absolute atomic E-state index is 0.207. The number of aryl methyl sites for hydroxylation is 1. The van der Waals surface area contributed by atoms with E-state index in [2.05, 4.69) is 20.3 Å². The van der Waals surface area contributed by atoms with E-state index in [4.69, 9.17) is 0 Å². The Balaban J connectivity index is 1.42. The fourth-order valence-electron chi connectivity index (χ4n) is 4.41. The Kier molecular flexibility index (Phi) is 5.77. The number of nitrogens with one attached hydrogen (secondary N) is 2. The largest absolute Gasteiger partial charge is 0.408 e. The molecular formula is C23H23F3N8O2. The van der Waals surface area contributed by atoms with Crippen molar-refractivity contribution in [3.8, 4) is 11.3 Å². The molecule has 5 rings (SSSR count). The van der Waals surface area contributed by atoms with Gasteiger partial charge in [0.05, 0.1) is 29.9 Å². The van der Waals surface area contributed by atoms with Crippen LogP contribution in [0.1, 0.15) is 23.8 Å². The summed E-state index contributed by atoms with van der Waals surface area (Å²) in [7, 11) is 1.85. The minimum Gasteiger partial charge on any atom is -0.366 e. The summed E-state index contributed by atoms with van der Waals surface area (Å²) in [5, 5.41) is 4.71. The van der Waals surface area contributed by atoms with E-state index in [1.165, 1.54) is 11.0 Å². The molecule has 0 aromatic carbocycles. The number of imidazole rings is 1. The Morgan fingerprint density at radius 1 is 1.22 bits per heavy atom. The second kappa shape index (κ2) is 8.81. The highest BCUT2D eigenvalue weighted by Crippen LogP contribution is 2.39. The number of carbonyl (C=O) groups is 2. The van der Waals surface area contributed by atoms with Crippen LogP contribution in [0.2, 0.25) is 0 Å². The zero-order valence-corrected chi connectivity index (χ0v) is 19.5. The zero-order chi connectivity index (χ0) is 25.6. The average Bonchev–Trinajstić information content (AvgIpc) is 3.45.